The predicted molar refractivity (Wildman–Crippen MR) is 77.9 cm³/mol. The molecule has 0 bridgehead atoms. The van der Waals surface area contributed by atoms with Crippen molar-refractivity contribution in [1.29, 1.82) is 0 Å². The highest BCUT2D eigenvalue weighted by atomic mass is 79.9. The normalized spacial score (nSPS) is 20.9. The third kappa shape index (κ3) is 3.12. The highest BCUT2D eigenvalue weighted by Crippen LogP contribution is 2.27. The first-order valence-corrected chi connectivity index (χ1v) is 7.64. The van der Waals surface area contributed by atoms with Gasteiger partial charge in [0, 0.05) is 47.5 Å². The third-order valence-corrected chi connectivity index (χ3v) is 5.29. The molecule has 0 radical (unpaired) electrons. The largest absolute Gasteiger partial charge is 0.358 e. The molecule has 0 saturated carbocycles. The first kappa shape index (κ1) is 14.0. The fourth-order valence-electron chi connectivity index (χ4n) is 2.16. The summed E-state index contributed by atoms with van der Waals surface area (Å²) in [6, 6.07) is 2.09. The lowest BCUT2D eigenvalue weighted by Crippen LogP contribution is -2.56. The van der Waals surface area contributed by atoms with E-state index in [0.29, 0.717) is 0 Å². The maximum absolute atomic E-state index is 11.8. The Bertz CT molecular complexity index is 415. The molecule has 18 heavy (non-hydrogen) atoms. The van der Waals surface area contributed by atoms with Crippen molar-refractivity contribution >= 4 is 33.2 Å². The van der Waals surface area contributed by atoms with Gasteiger partial charge in [-0.2, -0.15) is 0 Å². The molecule has 1 amide bonds. The van der Waals surface area contributed by atoms with Crippen LogP contribution in [0.4, 0.5) is 0 Å². The maximum Gasteiger partial charge on any atom is 0.238 e. The molecule has 0 aromatic carbocycles. The summed E-state index contributed by atoms with van der Waals surface area (Å²) in [4.78, 5) is 16.7. The number of nitrogens with zero attached hydrogens (tertiary/aromatic N) is 1. The van der Waals surface area contributed by atoms with Gasteiger partial charge in [-0.05, 0) is 28.9 Å². The standard InChI is InChI=1S/C12H18BrN3OS/c1-8-10(13)5-9(18-8)7-16-4-3-15-6-11(16)12(17)14-2/h5,11,15H,3-4,6-7H2,1-2H3,(H,14,17). The topological polar surface area (TPSA) is 44.4 Å². The number of piperazine rings is 1. The summed E-state index contributed by atoms with van der Waals surface area (Å²) in [6.07, 6.45) is 0. The van der Waals surface area contributed by atoms with Gasteiger partial charge in [-0.3, -0.25) is 9.69 Å². The van der Waals surface area contributed by atoms with E-state index in [2.05, 4.69) is 44.5 Å². The van der Waals surface area contributed by atoms with Gasteiger partial charge in [-0.1, -0.05) is 0 Å². The van der Waals surface area contributed by atoms with Gasteiger partial charge >= 0.3 is 0 Å². The second-order valence-corrected chi connectivity index (χ2v) is 6.62. The van der Waals surface area contributed by atoms with Crippen LogP contribution in [0.1, 0.15) is 9.75 Å². The molecule has 0 aliphatic carbocycles. The number of aryl methyl sites for hydroxylation is 1. The molecule has 1 unspecified atom stereocenters. The molecule has 1 aromatic rings. The molecule has 2 N–H and O–H groups in total. The molecule has 1 aliphatic heterocycles. The number of rotatable bonds is 3. The smallest absolute Gasteiger partial charge is 0.238 e. The molecule has 1 atom stereocenters. The van der Waals surface area contributed by atoms with Crippen LogP contribution in [-0.2, 0) is 11.3 Å². The van der Waals surface area contributed by atoms with E-state index in [1.807, 2.05) is 0 Å². The summed E-state index contributed by atoms with van der Waals surface area (Å²) >= 11 is 5.33. The molecule has 1 aliphatic rings. The number of hydrogen-bond acceptors (Lipinski definition) is 4. The molecule has 4 nitrogen and oxygen atoms in total. The number of amides is 1. The van der Waals surface area contributed by atoms with Crippen LogP contribution in [0.15, 0.2) is 10.5 Å². The lowest BCUT2D eigenvalue weighted by atomic mass is 10.1. The highest BCUT2D eigenvalue weighted by Gasteiger charge is 2.28. The second-order valence-electron chi connectivity index (χ2n) is 4.42. The number of hydrogen-bond donors (Lipinski definition) is 2. The number of carbonyl (C=O) groups excluding carboxylic acids is 1. The first-order valence-electron chi connectivity index (χ1n) is 6.03. The summed E-state index contributed by atoms with van der Waals surface area (Å²) in [7, 11) is 1.70. The molecule has 1 fully saturated rings. The van der Waals surface area contributed by atoms with Crippen LogP contribution < -0.4 is 10.6 Å². The predicted octanol–water partition coefficient (Wildman–Crippen LogP) is 1.34. The van der Waals surface area contributed by atoms with Crippen molar-refractivity contribution < 1.29 is 4.79 Å². The van der Waals surface area contributed by atoms with Gasteiger partial charge in [-0.15, -0.1) is 11.3 Å². The van der Waals surface area contributed by atoms with E-state index in [9.17, 15) is 4.79 Å². The number of halogens is 1. The number of thiophene rings is 1. The minimum atomic E-state index is -0.0649. The van der Waals surface area contributed by atoms with Crippen molar-refractivity contribution in [2.24, 2.45) is 0 Å². The lowest BCUT2D eigenvalue weighted by Gasteiger charge is -2.34. The second kappa shape index (κ2) is 6.14. The van der Waals surface area contributed by atoms with Crippen LogP contribution in [-0.4, -0.2) is 43.5 Å². The van der Waals surface area contributed by atoms with Gasteiger partial charge < -0.3 is 10.6 Å². The van der Waals surface area contributed by atoms with E-state index in [0.717, 1.165) is 30.7 Å². The average molecular weight is 332 g/mol. The van der Waals surface area contributed by atoms with E-state index in [4.69, 9.17) is 0 Å². The van der Waals surface area contributed by atoms with Crippen LogP contribution >= 0.6 is 27.3 Å². The Balaban J connectivity index is 2.07. The van der Waals surface area contributed by atoms with E-state index < -0.39 is 0 Å². The average Bonchev–Trinajstić information content (AvgIpc) is 2.68. The zero-order valence-corrected chi connectivity index (χ0v) is 13.0. The Morgan fingerprint density at radius 3 is 3.11 bits per heavy atom. The van der Waals surface area contributed by atoms with Gasteiger partial charge in [0.25, 0.3) is 0 Å². The summed E-state index contributed by atoms with van der Waals surface area (Å²) in [5, 5.41) is 6.01. The molecule has 2 rings (SSSR count). The Morgan fingerprint density at radius 1 is 1.72 bits per heavy atom. The van der Waals surface area contributed by atoms with Crippen molar-refractivity contribution in [3.63, 3.8) is 0 Å². The first-order chi connectivity index (χ1) is 8.61. The van der Waals surface area contributed by atoms with Crippen LogP contribution in [0.5, 0.6) is 0 Å². The molecular weight excluding hydrogens is 314 g/mol. The summed E-state index contributed by atoms with van der Waals surface area (Å²) in [6.45, 7) is 5.53. The molecule has 0 spiro atoms. The van der Waals surface area contributed by atoms with Gasteiger partial charge in [0.05, 0.1) is 0 Å². The monoisotopic (exact) mass is 331 g/mol. The highest BCUT2D eigenvalue weighted by molar-refractivity contribution is 9.10. The van der Waals surface area contributed by atoms with Gasteiger partial charge in [0.15, 0.2) is 0 Å². The molecular formula is C12H18BrN3OS. The fourth-order valence-corrected chi connectivity index (χ4v) is 3.78. The summed E-state index contributed by atoms with van der Waals surface area (Å²) < 4.78 is 1.16. The molecule has 1 saturated heterocycles. The van der Waals surface area contributed by atoms with Crippen molar-refractivity contribution in [1.82, 2.24) is 15.5 Å². The number of nitrogens with one attached hydrogen (secondary N) is 2. The minimum absolute atomic E-state index is 0.0649. The van der Waals surface area contributed by atoms with Crippen LogP contribution in [0.2, 0.25) is 0 Å². The Kier molecular flexibility index (Phi) is 4.77. The molecule has 6 heteroatoms. The zero-order chi connectivity index (χ0) is 13.1. The Labute approximate surface area is 120 Å². The maximum atomic E-state index is 11.8. The van der Waals surface area contributed by atoms with Crippen LogP contribution in [0, 0.1) is 6.92 Å². The van der Waals surface area contributed by atoms with Crippen molar-refractivity contribution in [3.8, 4) is 0 Å². The van der Waals surface area contributed by atoms with Crippen molar-refractivity contribution in [3.05, 3.63) is 20.3 Å². The summed E-state index contributed by atoms with van der Waals surface area (Å²) in [5.41, 5.74) is 0. The van der Waals surface area contributed by atoms with E-state index in [1.54, 1.807) is 18.4 Å². The number of carbonyl (C=O) groups is 1. The Morgan fingerprint density at radius 2 is 2.50 bits per heavy atom. The SMILES string of the molecule is CNC(=O)C1CNCCN1Cc1cc(Br)c(C)s1. The quantitative estimate of drug-likeness (QED) is 0.878. The minimum Gasteiger partial charge on any atom is -0.358 e. The van der Waals surface area contributed by atoms with Crippen molar-refractivity contribution in [2.45, 2.75) is 19.5 Å². The van der Waals surface area contributed by atoms with E-state index in [-0.39, 0.29) is 11.9 Å². The van der Waals surface area contributed by atoms with Gasteiger partial charge in [-0.25, -0.2) is 0 Å². The number of likely N-dealkylation sites (N-methyl/N-ethyl adjacent to an activating group) is 1. The molecule has 1 aromatic heterocycles. The van der Waals surface area contributed by atoms with E-state index in [1.165, 1.54) is 9.75 Å². The van der Waals surface area contributed by atoms with Crippen LogP contribution in [0.25, 0.3) is 0 Å². The lowest BCUT2D eigenvalue weighted by molar-refractivity contribution is -0.126. The summed E-state index contributed by atoms with van der Waals surface area (Å²) in [5.74, 6) is 0.0922. The van der Waals surface area contributed by atoms with Gasteiger partial charge in [0.1, 0.15) is 6.04 Å². The zero-order valence-electron chi connectivity index (χ0n) is 10.6. The molecule has 100 valence electrons. The van der Waals surface area contributed by atoms with Crippen LogP contribution in [0.3, 0.4) is 0 Å². The van der Waals surface area contributed by atoms with Gasteiger partial charge in [0.2, 0.25) is 5.91 Å². The Hall–Kier alpha value is -0.430. The molecule has 2 heterocycles. The van der Waals surface area contributed by atoms with E-state index >= 15 is 0 Å². The van der Waals surface area contributed by atoms with Crippen molar-refractivity contribution in [2.75, 3.05) is 26.7 Å². The third-order valence-electron chi connectivity index (χ3n) is 3.17. The fraction of sp³-hybridized carbons (Fsp3) is 0.583.